The third kappa shape index (κ3) is 3.58. The fraction of sp³-hybridized carbons (Fsp3) is 0.294. The maximum absolute atomic E-state index is 12.0. The van der Waals surface area contributed by atoms with Gasteiger partial charge in [-0.25, -0.2) is 4.98 Å². The van der Waals surface area contributed by atoms with Crippen molar-refractivity contribution in [2.75, 3.05) is 5.32 Å². The maximum atomic E-state index is 12.0. The van der Waals surface area contributed by atoms with Crippen LogP contribution in [0.5, 0.6) is 0 Å². The van der Waals surface area contributed by atoms with Crippen LogP contribution in [0.1, 0.15) is 24.3 Å². The molecule has 1 aliphatic rings. The van der Waals surface area contributed by atoms with Gasteiger partial charge in [0.1, 0.15) is 0 Å². The van der Waals surface area contributed by atoms with Gasteiger partial charge in [-0.15, -0.1) is 11.3 Å². The number of aryl methyl sites for hydroxylation is 1. The van der Waals surface area contributed by atoms with E-state index in [2.05, 4.69) is 27.8 Å². The minimum Gasteiger partial charge on any atom is -0.326 e. The summed E-state index contributed by atoms with van der Waals surface area (Å²) in [6, 6.07) is 7.87. The lowest BCUT2D eigenvalue weighted by atomic mass is 10.0. The quantitative estimate of drug-likeness (QED) is 0.849. The van der Waals surface area contributed by atoms with Gasteiger partial charge in [-0.3, -0.25) is 4.79 Å². The first-order valence-electron chi connectivity index (χ1n) is 7.20. The Bertz CT molecular complexity index is 658. The third-order valence-electron chi connectivity index (χ3n) is 3.64. The first-order chi connectivity index (χ1) is 10.2. The molecule has 0 radical (unpaired) electrons. The molecule has 0 aliphatic heterocycles. The Balaban J connectivity index is 1.61. The van der Waals surface area contributed by atoms with E-state index in [9.17, 15) is 4.79 Å². The van der Waals surface area contributed by atoms with Crippen molar-refractivity contribution in [2.45, 2.75) is 26.2 Å². The zero-order valence-corrected chi connectivity index (χ0v) is 12.8. The summed E-state index contributed by atoms with van der Waals surface area (Å²) in [5, 5.41) is 6.08. The zero-order valence-electron chi connectivity index (χ0n) is 12.0. The summed E-state index contributed by atoms with van der Waals surface area (Å²) in [5.41, 5.74) is 2.92. The van der Waals surface area contributed by atoms with E-state index in [1.54, 1.807) is 11.3 Å². The number of hydrogen-bond donors (Lipinski definition) is 1. The van der Waals surface area contributed by atoms with Gasteiger partial charge in [0.05, 0.1) is 10.7 Å². The van der Waals surface area contributed by atoms with Crippen LogP contribution in [0.2, 0.25) is 0 Å². The van der Waals surface area contributed by atoms with E-state index in [0.717, 1.165) is 34.8 Å². The van der Waals surface area contributed by atoms with Gasteiger partial charge in [-0.05, 0) is 37.8 Å². The van der Waals surface area contributed by atoms with Crippen LogP contribution in [-0.4, -0.2) is 10.9 Å². The van der Waals surface area contributed by atoms with Crippen LogP contribution in [0.4, 0.5) is 5.69 Å². The van der Waals surface area contributed by atoms with Gasteiger partial charge in [0.25, 0.3) is 0 Å². The molecule has 21 heavy (non-hydrogen) atoms. The molecule has 0 unspecified atom stereocenters. The number of nitrogens with zero attached hydrogens (tertiary/aromatic N) is 1. The highest BCUT2D eigenvalue weighted by molar-refractivity contribution is 7.09. The summed E-state index contributed by atoms with van der Waals surface area (Å²) in [5.74, 6) is 0.492. The predicted molar refractivity (Wildman–Crippen MR) is 87.4 cm³/mol. The predicted octanol–water partition coefficient (Wildman–Crippen LogP) is 4.41. The SMILES string of the molecule is Cc1nc(-c2ccc(NC(=O)C[C@@H]3C=CCC3)cc2)cs1. The molecule has 0 fully saturated rings. The van der Waals surface area contributed by atoms with E-state index in [4.69, 9.17) is 0 Å². The summed E-state index contributed by atoms with van der Waals surface area (Å²) < 4.78 is 0. The Hall–Kier alpha value is -1.94. The van der Waals surface area contributed by atoms with E-state index in [-0.39, 0.29) is 5.91 Å². The molecule has 1 amide bonds. The van der Waals surface area contributed by atoms with Crippen molar-refractivity contribution < 1.29 is 4.79 Å². The van der Waals surface area contributed by atoms with Crippen LogP contribution >= 0.6 is 11.3 Å². The number of nitrogens with one attached hydrogen (secondary N) is 1. The first kappa shape index (κ1) is 14.0. The van der Waals surface area contributed by atoms with Gasteiger partial charge >= 0.3 is 0 Å². The molecule has 1 aromatic heterocycles. The summed E-state index contributed by atoms with van der Waals surface area (Å²) in [7, 11) is 0. The van der Waals surface area contributed by atoms with Crippen molar-refractivity contribution in [3.05, 3.63) is 46.8 Å². The van der Waals surface area contributed by atoms with Gasteiger partial charge in [0.15, 0.2) is 0 Å². The van der Waals surface area contributed by atoms with Crippen molar-refractivity contribution >= 4 is 22.9 Å². The normalized spacial score (nSPS) is 17.1. The molecule has 1 aliphatic carbocycles. The summed E-state index contributed by atoms with van der Waals surface area (Å²) >= 11 is 1.64. The highest BCUT2D eigenvalue weighted by Crippen LogP contribution is 2.24. The number of allylic oxidation sites excluding steroid dienone is 2. The minimum atomic E-state index is 0.0869. The largest absolute Gasteiger partial charge is 0.326 e. The van der Waals surface area contributed by atoms with Gasteiger partial charge in [0, 0.05) is 23.1 Å². The number of thiazole rings is 1. The van der Waals surface area contributed by atoms with E-state index >= 15 is 0 Å². The number of benzene rings is 1. The van der Waals surface area contributed by atoms with E-state index in [1.165, 1.54) is 0 Å². The molecule has 1 aromatic carbocycles. The monoisotopic (exact) mass is 298 g/mol. The fourth-order valence-corrected chi connectivity index (χ4v) is 3.16. The molecule has 108 valence electrons. The molecule has 3 nitrogen and oxygen atoms in total. The number of anilines is 1. The summed E-state index contributed by atoms with van der Waals surface area (Å²) in [4.78, 5) is 16.4. The van der Waals surface area contributed by atoms with Crippen molar-refractivity contribution in [3.8, 4) is 11.3 Å². The van der Waals surface area contributed by atoms with Crippen LogP contribution in [0.15, 0.2) is 41.8 Å². The Kier molecular flexibility index (Phi) is 4.15. The number of rotatable bonds is 4. The third-order valence-corrected chi connectivity index (χ3v) is 4.42. The summed E-state index contributed by atoms with van der Waals surface area (Å²) in [6.07, 6.45) is 7.06. The Morgan fingerprint density at radius 3 is 2.81 bits per heavy atom. The Morgan fingerprint density at radius 2 is 2.19 bits per heavy atom. The topological polar surface area (TPSA) is 42.0 Å². The van der Waals surface area contributed by atoms with Gasteiger partial charge < -0.3 is 5.32 Å². The Morgan fingerprint density at radius 1 is 1.38 bits per heavy atom. The second-order valence-corrected chi connectivity index (χ2v) is 6.41. The van der Waals surface area contributed by atoms with E-state index in [1.807, 2.05) is 31.2 Å². The minimum absolute atomic E-state index is 0.0869. The molecule has 2 aromatic rings. The second-order valence-electron chi connectivity index (χ2n) is 5.35. The van der Waals surface area contributed by atoms with Gasteiger partial charge in [0.2, 0.25) is 5.91 Å². The molecule has 1 N–H and O–H groups in total. The lowest BCUT2D eigenvalue weighted by Gasteiger charge is -2.09. The molecule has 4 heteroatoms. The standard InChI is InChI=1S/C17H18N2OS/c1-12-18-16(11-21-12)14-6-8-15(9-7-14)19-17(20)10-13-4-2-3-5-13/h2,4,6-9,11,13H,3,5,10H2,1H3,(H,19,20)/t13-/m1/s1. The molecule has 0 bridgehead atoms. The molecule has 0 saturated heterocycles. The van der Waals surface area contributed by atoms with Crippen molar-refractivity contribution in [1.29, 1.82) is 0 Å². The number of carbonyl (C=O) groups is 1. The van der Waals surface area contributed by atoms with Gasteiger partial charge in [-0.2, -0.15) is 0 Å². The molecule has 1 heterocycles. The van der Waals surface area contributed by atoms with Crippen molar-refractivity contribution in [3.63, 3.8) is 0 Å². The number of carbonyl (C=O) groups excluding carboxylic acids is 1. The average molecular weight is 298 g/mol. The maximum Gasteiger partial charge on any atom is 0.224 e. The number of aromatic nitrogens is 1. The van der Waals surface area contributed by atoms with E-state index in [0.29, 0.717) is 12.3 Å². The molecule has 3 rings (SSSR count). The molecule has 0 saturated carbocycles. The van der Waals surface area contributed by atoms with Crippen molar-refractivity contribution in [1.82, 2.24) is 4.98 Å². The summed E-state index contributed by atoms with van der Waals surface area (Å²) in [6.45, 7) is 2.00. The number of hydrogen-bond acceptors (Lipinski definition) is 3. The smallest absolute Gasteiger partial charge is 0.224 e. The lowest BCUT2D eigenvalue weighted by Crippen LogP contribution is -2.14. The van der Waals surface area contributed by atoms with Crippen LogP contribution in [0.25, 0.3) is 11.3 Å². The number of amides is 1. The highest BCUT2D eigenvalue weighted by Gasteiger charge is 2.14. The molecule has 0 spiro atoms. The van der Waals surface area contributed by atoms with Crippen LogP contribution in [0.3, 0.4) is 0 Å². The molecular weight excluding hydrogens is 280 g/mol. The fourth-order valence-electron chi connectivity index (χ4n) is 2.54. The molecule has 1 atom stereocenters. The van der Waals surface area contributed by atoms with Crippen LogP contribution < -0.4 is 5.32 Å². The average Bonchev–Trinajstić information content (AvgIpc) is 3.11. The van der Waals surface area contributed by atoms with Crippen LogP contribution in [0, 0.1) is 12.8 Å². The first-order valence-corrected chi connectivity index (χ1v) is 8.08. The lowest BCUT2D eigenvalue weighted by molar-refractivity contribution is -0.116. The van der Waals surface area contributed by atoms with E-state index < -0.39 is 0 Å². The van der Waals surface area contributed by atoms with Crippen LogP contribution in [-0.2, 0) is 4.79 Å². The highest BCUT2D eigenvalue weighted by atomic mass is 32.1. The Labute approximate surface area is 128 Å². The second kappa shape index (κ2) is 6.22. The zero-order chi connectivity index (χ0) is 14.7. The van der Waals surface area contributed by atoms with Gasteiger partial charge in [-0.1, -0.05) is 24.3 Å². The molecular formula is C17H18N2OS. The van der Waals surface area contributed by atoms with Crippen molar-refractivity contribution in [2.24, 2.45) is 5.92 Å².